The number of benzene rings is 1. The second-order valence-electron chi connectivity index (χ2n) is 6.75. The van der Waals surface area contributed by atoms with Crippen LogP contribution in [0.1, 0.15) is 51.9 Å². The molecule has 3 nitrogen and oxygen atoms in total. The first-order valence-corrected chi connectivity index (χ1v) is 9.94. The lowest BCUT2D eigenvalue weighted by Crippen LogP contribution is -2.45. The van der Waals surface area contributed by atoms with Crippen LogP contribution in [0.4, 0.5) is 5.69 Å². The van der Waals surface area contributed by atoms with Crippen LogP contribution in [0.2, 0.25) is 0 Å². The maximum Gasteiger partial charge on any atom is 0.239 e. The van der Waals surface area contributed by atoms with E-state index >= 15 is 0 Å². The van der Waals surface area contributed by atoms with Gasteiger partial charge in [-0.3, -0.25) is 4.79 Å². The summed E-state index contributed by atoms with van der Waals surface area (Å²) in [6.45, 7) is 3.69. The highest BCUT2D eigenvalue weighted by Gasteiger charge is 2.25. The Morgan fingerprint density at radius 3 is 2.70 bits per heavy atom. The molecule has 1 saturated carbocycles. The van der Waals surface area contributed by atoms with Crippen molar-refractivity contribution in [3.05, 3.63) is 24.3 Å². The van der Waals surface area contributed by atoms with Crippen molar-refractivity contribution in [2.75, 3.05) is 18.0 Å². The van der Waals surface area contributed by atoms with Crippen molar-refractivity contribution in [3.8, 4) is 0 Å². The molecule has 1 N–H and O–H groups in total. The molecule has 0 aromatic heterocycles. The maximum atomic E-state index is 12.5. The van der Waals surface area contributed by atoms with Crippen LogP contribution in [0.25, 0.3) is 0 Å². The van der Waals surface area contributed by atoms with Gasteiger partial charge in [-0.25, -0.2) is 0 Å². The summed E-state index contributed by atoms with van der Waals surface area (Å²) < 4.78 is 0. The van der Waals surface area contributed by atoms with E-state index in [1.165, 1.54) is 36.3 Å². The summed E-state index contributed by atoms with van der Waals surface area (Å²) in [6, 6.07) is 8.88. The van der Waals surface area contributed by atoms with Crippen LogP contribution in [0.3, 0.4) is 0 Å². The first-order valence-electron chi connectivity index (χ1n) is 9.06. The molecule has 4 heteroatoms. The van der Waals surface area contributed by atoms with E-state index in [-0.39, 0.29) is 5.91 Å². The second kappa shape index (κ2) is 8.09. The molecule has 23 heavy (non-hydrogen) atoms. The number of hydrogen-bond acceptors (Lipinski definition) is 3. The number of hydrogen-bond donors (Lipinski definition) is 1. The minimum Gasteiger partial charge on any atom is -0.360 e. The van der Waals surface area contributed by atoms with Gasteiger partial charge in [0.25, 0.3) is 0 Å². The topological polar surface area (TPSA) is 32.3 Å². The van der Waals surface area contributed by atoms with Crippen LogP contribution in [-0.4, -0.2) is 30.3 Å². The van der Waals surface area contributed by atoms with Crippen LogP contribution in [0, 0.1) is 0 Å². The average Bonchev–Trinajstić information content (AvgIpc) is 2.83. The number of carbonyl (C=O) groups is 1. The van der Waals surface area contributed by atoms with Crippen LogP contribution in [0.5, 0.6) is 0 Å². The van der Waals surface area contributed by atoms with Gasteiger partial charge < -0.3 is 10.2 Å². The van der Waals surface area contributed by atoms with Crippen LogP contribution >= 0.6 is 11.8 Å². The largest absolute Gasteiger partial charge is 0.360 e. The van der Waals surface area contributed by atoms with Crippen LogP contribution in [-0.2, 0) is 4.79 Å². The van der Waals surface area contributed by atoms with Crippen molar-refractivity contribution in [1.82, 2.24) is 5.32 Å². The normalized spacial score (nSPS) is 22.3. The zero-order valence-corrected chi connectivity index (χ0v) is 14.9. The number of anilines is 1. The van der Waals surface area contributed by atoms with Crippen molar-refractivity contribution in [3.63, 3.8) is 0 Å². The van der Waals surface area contributed by atoms with Crippen LogP contribution < -0.4 is 10.2 Å². The molecule has 0 saturated heterocycles. The molecule has 1 aliphatic heterocycles. The molecule has 0 radical (unpaired) electrons. The van der Waals surface area contributed by atoms with Gasteiger partial charge in [-0.05, 0) is 31.4 Å². The predicted octanol–water partition coefficient (Wildman–Crippen LogP) is 4.22. The summed E-state index contributed by atoms with van der Waals surface area (Å²) in [6.07, 6.45) is 8.59. The third-order valence-corrected chi connectivity index (χ3v) is 6.35. The fraction of sp³-hybridized carbons (Fsp3) is 0.632. The second-order valence-corrected chi connectivity index (χ2v) is 8.09. The molecule has 126 valence electrons. The molecule has 3 rings (SSSR count). The van der Waals surface area contributed by atoms with E-state index in [9.17, 15) is 4.79 Å². The number of carbonyl (C=O) groups excluding carboxylic acids is 1. The van der Waals surface area contributed by atoms with E-state index < -0.39 is 0 Å². The highest BCUT2D eigenvalue weighted by atomic mass is 32.2. The Balaban J connectivity index is 1.63. The molecule has 1 amide bonds. The number of thioether (sulfide) groups is 1. The third kappa shape index (κ3) is 4.43. The zero-order valence-electron chi connectivity index (χ0n) is 14.1. The van der Waals surface area contributed by atoms with Crippen molar-refractivity contribution in [1.29, 1.82) is 0 Å². The minimum absolute atomic E-state index is 0.188. The van der Waals surface area contributed by atoms with E-state index in [0.717, 1.165) is 25.8 Å². The molecule has 0 spiro atoms. The van der Waals surface area contributed by atoms with Gasteiger partial charge in [-0.1, -0.05) is 44.7 Å². The lowest BCUT2D eigenvalue weighted by atomic mass is 10.1. The molecule has 1 aromatic carbocycles. The van der Waals surface area contributed by atoms with Gasteiger partial charge in [-0.2, -0.15) is 0 Å². The number of rotatable bonds is 4. The fourth-order valence-corrected chi connectivity index (χ4v) is 4.87. The van der Waals surface area contributed by atoms with Crippen molar-refractivity contribution in [2.45, 2.75) is 68.1 Å². The SMILES string of the molecule is CC[C@@H]1CN(CC(=O)NC2CCCCCC2)c2ccccc2S1. The minimum atomic E-state index is 0.188. The van der Waals surface area contributed by atoms with Crippen LogP contribution in [0.15, 0.2) is 29.2 Å². The third-order valence-electron chi connectivity index (χ3n) is 4.93. The highest BCUT2D eigenvalue weighted by Crippen LogP contribution is 2.39. The monoisotopic (exact) mass is 332 g/mol. The summed E-state index contributed by atoms with van der Waals surface area (Å²) in [5.74, 6) is 0.188. The van der Waals surface area contributed by atoms with Crippen molar-refractivity contribution < 1.29 is 4.79 Å². The lowest BCUT2D eigenvalue weighted by Gasteiger charge is -2.35. The number of nitrogens with one attached hydrogen (secondary N) is 1. The van der Waals surface area contributed by atoms with Crippen molar-refractivity contribution in [2.24, 2.45) is 0 Å². The summed E-state index contributed by atoms with van der Waals surface area (Å²) in [5, 5.41) is 3.86. The molecule has 1 aliphatic carbocycles. The Kier molecular flexibility index (Phi) is 5.87. The lowest BCUT2D eigenvalue weighted by molar-refractivity contribution is -0.120. The van der Waals surface area contributed by atoms with E-state index in [1.54, 1.807) is 0 Å². The smallest absolute Gasteiger partial charge is 0.239 e. The molecule has 1 fully saturated rings. The number of nitrogens with zero attached hydrogens (tertiary/aromatic N) is 1. The number of para-hydroxylation sites is 1. The zero-order chi connectivity index (χ0) is 16.1. The van der Waals surface area contributed by atoms with E-state index in [0.29, 0.717) is 17.8 Å². The quantitative estimate of drug-likeness (QED) is 0.838. The van der Waals surface area contributed by atoms with Crippen molar-refractivity contribution >= 4 is 23.4 Å². The van der Waals surface area contributed by atoms with Gasteiger partial charge in [0, 0.05) is 22.7 Å². The van der Waals surface area contributed by atoms with Gasteiger partial charge in [0.2, 0.25) is 5.91 Å². The summed E-state index contributed by atoms with van der Waals surface area (Å²) in [5.41, 5.74) is 1.22. The molecule has 2 aliphatic rings. The number of amides is 1. The molecule has 0 bridgehead atoms. The van der Waals surface area contributed by atoms with Gasteiger partial charge >= 0.3 is 0 Å². The van der Waals surface area contributed by atoms with E-state index in [4.69, 9.17) is 0 Å². The Morgan fingerprint density at radius 2 is 1.96 bits per heavy atom. The highest BCUT2D eigenvalue weighted by molar-refractivity contribution is 8.00. The molecular formula is C19H28N2OS. The number of fused-ring (bicyclic) bond motifs is 1. The first-order chi connectivity index (χ1) is 11.3. The molecular weight excluding hydrogens is 304 g/mol. The fourth-order valence-electron chi connectivity index (χ4n) is 3.61. The first kappa shape index (κ1) is 16.7. The molecule has 0 unspecified atom stereocenters. The van der Waals surface area contributed by atoms with Gasteiger partial charge in [-0.15, -0.1) is 11.8 Å². The standard InChI is InChI=1S/C19H28N2OS/c1-2-16-13-21(17-11-7-8-12-18(17)23-16)14-19(22)20-15-9-5-3-4-6-10-15/h7-8,11-12,15-16H,2-6,9-10,13-14H2,1H3,(H,20,22)/t16-/m1/s1. The van der Waals surface area contributed by atoms with Gasteiger partial charge in [0.05, 0.1) is 12.2 Å². The maximum absolute atomic E-state index is 12.5. The molecule has 1 aromatic rings. The predicted molar refractivity (Wildman–Crippen MR) is 98.2 cm³/mol. The summed E-state index contributed by atoms with van der Waals surface area (Å²) in [4.78, 5) is 16.1. The Bertz CT molecular complexity index is 526. The Morgan fingerprint density at radius 1 is 1.22 bits per heavy atom. The average molecular weight is 333 g/mol. The van der Waals surface area contributed by atoms with Gasteiger partial charge in [0.15, 0.2) is 0 Å². The molecule has 1 atom stereocenters. The summed E-state index contributed by atoms with van der Waals surface area (Å²) >= 11 is 1.95. The van der Waals surface area contributed by atoms with E-state index in [1.807, 2.05) is 11.8 Å². The molecule has 1 heterocycles. The Hall–Kier alpha value is -1.16. The summed E-state index contributed by atoms with van der Waals surface area (Å²) in [7, 11) is 0. The van der Waals surface area contributed by atoms with Gasteiger partial charge in [0.1, 0.15) is 0 Å². The Labute approximate surface area is 144 Å². The van der Waals surface area contributed by atoms with E-state index in [2.05, 4.69) is 41.4 Å².